The molecule has 2 aromatic carbocycles. The van der Waals surface area contributed by atoms with Crippen LogP contribution in [0.2, 0.25) is 0 Å². The lowest BCUT2D eigenvalue weighted by Crippen LogP contribution is -2.12. The van der Waals surface area contributed by atoms with Crippen LogP contribution in [0.3, 0.4) is 0 Å². The molecule has 1 aromatic heterocycles. The average Bonchev–Trinajstić information content (AvgIpc) is 2.90. The SMILES string of the molecule is O=C(CCc1nc2ccccc2[nH]1)Nc1ccc2c(c1)OCCCO2. The van der Waals surface area contributed by atoms with Gasteiger partial charge in [-0.2, -0.15) is 0 Å². The van der Waals surface area contributed by atoms with Gasteiger partial charge >= 0.3 is 0 Å². The summed E-state index contributed by atoms with van der Waals surface area (Å²) < 4.78 is 11.2. The van der Waals surface area contributed by atoms with Crippen molar-refractivity contribution < 1.29 is 14.3 Å². The summed E-state index contributed by atoms with van der Waals surface area (Å²) in [6.07, 6.45) is 1.77. The van der Waals surface area contributed by atoms with E-state index in [2.05, 4.69) is 15.3 Å². The Morgan fingerprint density at radius 2 is 1.96 bits per heavy atom. The third kappa shape index (κ3) is 3.57. The Morgan fingerprint density at radius 1 is 1.12 bits per heavy atom. The summed E-state index contributed by atoms with van der Waals surface area (Å²) in [7, 11) is 0. The smallest absolute Gasteiger partial charge is 0.224 e. The van der Waals surface area contributed by atoms with E-state index in [0.29, 0.717) is 37.5 Å². The van der Waals surface area contributed by atoms with Crippen molar-refractivity contribution in [2.45, 2.75) is 19.3 Å². The number of ether oxygens (including phenoxy) is 2. The molecular weight excluding hydrogens is 318 g/mol. The molecule has 0 saturated heterocycles. The molecular formula is C19H19N3O3. The zero-order chi connectivity index (χ0) is 17.1. The molecule has 2 heterocycles. The molecule has 4 rings (SSSR count). The van der Waals surface area contributed by atoms with Gasteiger partial charge in [0.05, 0.1) is 24.2 Å². The fourth-order valence-electron chi connectivity index (χ4n) is 2.82. The highest BCUT2D eigenvalue weighted by atomic mass is 16.5. The Bertz CT molecular complexity index is 871. The molecule has 0 unspecified atom stereocenters. The predicted molar refractivity (Wildman–Crippen MR) is 95.1 cm³/mol. The zero-order valence-electron chi connectivity index (χ0n) is 13.7. The number of imidazole rings is 1. The van der Waals surface area contributed by atoms with Gasteiger partial charge < -0.3 is 19.8 Å². The van der Waals surface area contributed by atoms with E-state index in [1.165, 1.54) is 0 Å². The lowest BCUT2D eigenvalue weighted by atomic mass is 10.2. The number of carbonyl (C=O) groups excluding carboxylic acids is 1. The highest BCUT2D eigenvalue weighted by molar-refractivity contribution is 5.91. The summed E-state index contributed by atoms with van der Waals surface area (Å²) >= 11 is 0. The molecule has 0 aliphatic carbocycles. The quantitative estimate of drug-likeness (QED) is 0.766. The number of aromatic amines is 1. The first-order valence-electron chi connectivity index (χ1n) is 8.41. The number of hydrogen-bond donors (Lipinski definition) is 2. The van der Waals surface area contributed by atoms with E-state index in [9.17, 15) is 4.79 Å². The van der Waals surface area contributed by atoms with Crippen molar-refractivity contribution in [2.24, 2.45) is 0 Å². The molecule has 0 bridgehead atoms. The molecule has 0 spiro atoms. The maximum absolute atomic E-state index is 12.2. The van der Waals surface area contributed by atoms with Crippen LogP contribution < -0.4 is 14.8 Å². The molecule has 0 saturated carbocycles. The van der Waals surface area contributed by atoms with Crippen molar-refractivity contribution in [3.63, 3.8) is 0 Å². The number of nitrogens with zero attached hydrogens (tertiary/aromatic N) is 1. The fourth-order valence-corrected chi connectivity index (χ4v) is 2.82. The van der Waals surface area contributed by atoms with Crippen LogP contribution in [0.25, 0.3) is 11.0 Å². The Balaban J connectivity index is 1.38. The van der Waals surface area contributed by atoms with Crippen LogP contribution in [0, 0.1) is 0 Å². The molecule has 2 N–H and O–H groups in total. The highest BCUT2D eigenvalue weighted by Crippen LogP contribution is 2.32. The van der Waals surface area contributed by atoms with Gasteiger partial charge in [0.15, 0.2) is 11.5 Å². The fraction of sp³-hybridized carbons (Fsp3) is 0.263. The molecule has 128 valence electrons. The Morgan fingerprint density at radius 3 is 2.84 bits per heavy atom. The van der Waals surface area contributed by atoms with Crippen LogP contribution in [-0.2, 0) is 11.2 Å². The molecule has 6 heteroatoms. The number of para-hydroxylation sites is 2. The van der Waals surface area contributed by atoms with E-state index in [-0.39, 0.29) is 5.91 Å². The lowest BCUT2D eigenvalue weighted by molar-refractivity contribution is -0.116. The van der Waals surface area contributed by atoms with E-state index >= 15 is 0 Å². The van der Waals surface area contributed by atoms with Crippen LogP contribution in [-0.4, -0.2) is 29.1 Å². The van der Waals surface area contributed by atoms with Crippen molar-refractivity contribution in [1.29, 1.82) is 0 Å². The van der Waals surface area contributed by atoms with Gasteiger partial charge in [-0.25, -0.2) is 4.98 Å². The number of rotatable bonds is 4. The number of amides is 1. The van der Waals surface area contributed by atoms with Crippen LogP contribution in [0.4, 0.5) is 5.69 Å². The Labute approximate surface area is 145 Å². The number of fused-ring (bicyclic) bond motifs is 2. The van der Waals surface area contributed by atoms with Gasteiger partial charge in [-0.1, -0.05) is 12.1 Å². The van der Waals surface area contributed by atoms with Gasteiger partial charge in [-0.05, 0) is 24.3 Å². The first kappa shape index (κ1) is 15.5. The summed E-state index contributed by atoms with van der Waals surface area (Å²) in [6, 6.07) is 13.3. The van der Waals surface area contributed by atoms with E-state index in [1.54, 1.807) is 6.07 Å². The molecule has 1 aliphatic heterocycles. The molecule has 6 nitrogen and oxygen atoms in total. The minimum absolute atomic E-state index is 0.0602. The highest BCUT2D eigenvalue weighted by Gasteiger charge is 2.12. The molecule has 3 aromatic rings. The maximum Gasteiger partial charge on any atom is 0.224 e. The molecule has 0 fully saturated rings. The van der Waals surface area contributed by atoms with Gasteiger partial charge in [0, 0.05) is 31.0 Å². The van der Waals surface area contributed by atoms with Gasteiger partial charge in [-0.15, -0.1) is 0 Å². The van der Waals surface area contributed by atoms with E-state index in [1.807, 2.05) is 36.4 Å². The Hall–Kier alpha value is -3.02. The minimum atomic E-state index is -0.0602. The van der Waals surface area contributed by atoms with E-state index in [4.69, 9.17) is 9.47 Å². The number of H-pyrrole nitrogens is 1. The summed E-state index contributed by atoms with van der Waals surface area (Å²) in [4.78, 5) is 19.9. The topological polar surface area (TPSA) is 76.2 Å². The van der Waals surface area contributed by atoms with Gasteiger partial charge in [0.2, 0.25) is 5.91 Å². The lowest BCUT2D eigenvalue weighted by Gasteiger charge is -2.10. The maximum atomic E-state index is 12.2. The predicted octanol–water partition coefficient (Wildman–Crippen LogP) is 3.30. The molecule has 0 atom stereocenters. The normalized spacial score (nSPS) is 13.4. The van der Waals surface area contributed by atoms with Gasteiger partial charge in [-0.3, -0.25) is 4.79 Å². The summed E-state index contributed by atoms with van der Waals surface area (Å²) in [5.41, 5.74) is 2.61. The molecule has 1 amide bonds. The number of nitrogens with one attached hydrogen (secondary N) is 2. The monoisotopic (exact) mass is 337 g/mol. The van der Waals surface area contributed by atoms with Crippen LogP contribution in [0.15, 0.2) is 42.5 Å². The minimum Gasteiger partial charge on any atom is -0.490 e. The second-order valence-electron chi connectivity index (χ2n) is 5.96. The first-order valence-corrected chi connectivity index (χ1v) is 8.41. The molecule has 0 radical (unpaired) electrons. The summed E-state index contributed by atoms with van der Waals surface area (Å²) in [5, 5.41) is 2.90. The number of carbonyl (C=O) groups is 1. The van der Waals surface area contributed by atoms with E-state index < -0.39 is 0 Å². The third-order valence-electron chi connectivity index (χ3n) is 4.06. The van der Waals surface area contributed by atoms with Crippen molar-refractivity contribution >= 4 is 22.6 Å². The molecule has 1 aliphatic rings. The van der Waals surface area contributed by atoms with Gasteiger partial charge in [0.25, 0.3) is 0 Å². The third-order valence-corrected chi connectivity index (χ3v) is 4.06. The zero-order valence-corrected chi connectivity index (χ0v) is 13.7. The van der Waals surface area contributed by atoms with Crippen LogP contribution in [0.1, 0.15) is 18.7 Å². The van der Waals surface area contributed by atoms with Crippen molar-refractivity contribution in [1.82, 2.24) is 9.97 Å². The number of anilines is 1. The second-order valence-corrected chi connectivity index (χ2v) is 5.96. The first-order chi connectivity index (χ1) is 12.3. The van der Waals surface area contributed by atoms with Crippen LogP contribution in [0.5, 0.6) is 11.5 Å². The van der Waals surface area contributed by atoms with Crippen molar-refractivity contribution in [3.05, 3.63) is 48.3 Å². The second kappa shape index (κ2) is 6.84. The molecule has 25 heavy (non-hydrogen) atoms. The number of hydrogen-bond acceptors (Lipinski definition) is 4. The summed E-state index contributed by atoms with van der Waals surface area (Å²) in [5.74, 6) is 2.15. The standard InChI is InChI=1S/C19H19N3O3/c23-19(9-8-18-21-14-4-1-2-5-15(14)22-18)20-13-6-7-16-17(12-13)25-11-3-10-24-16/h1-2,4-7,12H,3,8-11H2,(H,20,23)(H,21,22). The van der Waals surface area contributed by atoms with E-state index in [0.717, 1.165) is 29.0 Å². The summed E-state index contributed by atoms with van der Waals surface area (Å²) in [6.45, 7) is 1.27. The Kier molecular flexibility index (Phi) is 4.24. The van der Waals surface area contributed by atoms with Gasteiger partial charge in [0.1, 0.15) is 5.82 Å². The average molecular weight is 337 g/mol. The number of aromatic nitrogens is 2. The largest absolute Gasteiger partial charge is 0.490 e. The van der Waals surface area contributed by atoms with Crippen molar-refractivity contribution in [2.75, 3.05) is 18.5 Å². The van der Waals surface area contributed by atoms with Crippen LogP contribution >= 0.6 is 0 Å². The van der Waals surface area contributed by atoms with Crippen molar-refractivity contribution in [3.8, 4) is 11.5 Å². The number of benzene rings is 2. The number of aryl methyl sites for hydroxylation is 1.